The van der Waals surface area contributed by atoms with Crippen molar-refractivity contribution in [3.05, 3.63) is 0 Å². The number of tetrazole rings is 1. The molecular weight excluding hydrogens is 240 g/mol. The van der Waals surface area contributed by atoms with Gasteiger partial charge < -0.3 is 9.47 Å². The molecule has 1 aliphatic carbocycles. The number of rotatable bonds is 5. The van der Waals surface area contributed by atoms with Crippen molar-refractivity contribution in [2.75, 3.05) is 19.0 Å². The number of hydrogen-bond donors (Lipinski definition) is 0. The van der Waals surface area contributed by atoms with E-state index >= 15 is 0 Å². The molecule has 2 fully saturated rings. The summed E-state index contributed by atoms with van der Waals surface area (Å²) < 4.78 is 12.9. The van der Waals surface area contributed by atoms with Gasteiger partial charge in [0.25, 0.3) is 0 Å². The van der Waals surface area contributed by atoms with Crippen molar-refractivity contribution in [2.24, 2.45) is 0 Å². The van der Waals surface area contributed by atoms with Crippen molar-refractivity contribution in [1.29, 1.82) is 0 Å². The summed E-state index contributed by atoms with van der Waals surface area (Å²) in [5.74, 6) is 0.928. The lowest BCUT2D eigenvalue weighted by atomic mass is 10.4. The lowest BCUT2D eigenvalue weighted by molar-refractivity contribution is -0.178. The zero-order valence-corrected chi connectivity index (χ0v) is 10.4. The molecule has 0 bridgehead atoms. The monoisotopic (exact) mass is 256 g/mol. The smallest absolute Gasteiger partial charge is 0.209 e. The number of aromatic nitrogens is 4. The van der Waals surface area contributed by atoms with Gasteiger partial charge in [0, 0.05) is 12.2 Å². The first-order valence-corrected chi connectivity index (χ1v) is 7.06. The molecule has 0 aromatic carbocycles. The zero-order valence-electron chi connectivity index (χ0n) is 9.62. The van der Waals surface area contributed by atoms with E-state index in [0.717, 1.165) is 37.0 Å². The lowest BCUT2D eigenvalue weighted by Crippen LogP contribution is -2.25. The molecule has 1 saturated heterocycles. The fourth-order valence-corrected chi connectivity index (χ4v) is 2.68. The molecule has 1 saturated carbocycles. The molecule has 94 valence electrons. The van der Waals surface area contributed by atoms with Crippen LogP contribution in [0.2, 0.25) is 0 Å². The van der Waals surface area contributed by atoms with Gasteiger partial charge in [-0.15, -0.1) is 5.10 Å². The van der Waals surface area contributed by atoms with Crippen LogP contribution in [0.4, 0.5) is 0 Å². The molecule has 0 N–H and O–H groups in total. The van der Waals surface area contributed by atoms with Gasteiger partial charge in [0.1, 0.15) is 0 Å². The average Bonchev–Trinajstić information content (AvgIpc) is 3.11. The largest absolute Gasteiger partial charge is 0.353 e. The molecule has 3 rings (SSSR count). The van der Waals surface area contributed by atoms with Crippen molar-refractivity contribution in [2.45, 2.75) is 43.2 Å². The Labute approximate surface area is 104 Å². The van der Waals surface area contributed by atoms with Crippen LogP contribution in [0.5, 0.6) is 0 Å². The van der Waals surface area contributed by atoms with Crippen LogP contribution in [-0.4, -0.2) is 45.5 Å². The summed E-state index contributed by atoms with van der Waals surface area (Å²) in [5.41, 5.74) is 0. The van der Waals surface area contributed by atoms with Crippen LogP contribution < -0.4 is 0 Å². The van der Waals surface area contributed by atoms with Crippen LogP contribution >= 0.6 is 11.8 Å². The van der Waals surface area contributed by atoms with Crippen LogP contribution in [0, 0.1) is 0 Å². The predicted molar refractivity (Wildman–Crippen MR) is 61.7 cm³/mol. The van der Waals surface area contributed by atoms with Crippen LogP contribution in [0.25, 0.3) is 0 Å². The van der Waals surface area contributed by atoms with Crippen LogP contribution in [0.1, 0.15) is 31.7 Å². The third-order valence-electron chi connectivity index (χ3n) is 2.84. The van der Waals surface area contributed by atoms with E-state index in [1.165, 1.54) is 12.8 Å². The van der Waals surface area contributed by atoms with Crippen molar-refractivity contribution in [1.82, 2.24) is 20.2 Å². The van der Waals surface area contributed by atoms with E-state index in [2.05, 4.69) is 15.5 Å². The summed E-state index contributed by atoms with van der Waals surface area (Å²) in [6.07, 6.45) is 4.26. The van der Waals surface area contributed by atoms with Crippen molar-refractivity contribution >= 4 is 11.8 Å². The summed E-state index contributed by atoms with van der Waals surface area (Å²) in [5, 5.41) is 12.7. The molecule has 0 amide bonds. The minimum Gasteiger partial charge on any atom is -0.353 e. The second kappa shape index (κ2) is 5.32. The van der Waals surface area contributed by atoms with E-state index < -0.39 is 0 Å². The summed E-state index contributed by atoms with van der Waals surface area (Å²) in [6.45, 7) is 1.63. The van der Waals surface area contributed by atoms with Crippen molar-refractivity contribution < 1.29 is 9.47 Å². The molecule has 1 aromatic rings. The number of hydrogen-bond acceptors (Lipinski definition) is 6. The Bertz CT molecular complexity index is 363. The molecule has 1 aliphatic heterocycles. The zero-order chi connectivity index (χ0) is 11.5. The molecule has 17 heavy (non-hydrogen) atoms. The van der Waals surface area contributed by atoms with Crippen LogP contribution in [0.15, 0.2) is 5.16 Å². The van der Waals surface area contributed by atoms with E-state index in [4.69, 9.17) is 9.47 Å². The first-order chi connectivity index (χ1) is 8.43. The van der Waals surface area contributed by atoms with E-state index in [0.29, 0.717) is 6.04 Å². The van der Waals surface area contributed by atoms with Crippen LogP contribution in [0.3, 0.4) is 0 Å². The first kappa shape index (κ1) is 11.4. The highest BCUT2D eigenvalue weighted by Crippen LogP contribution is 2.36. The van der Waals surface area contributed by atoms with Gasteiger partial charge in [0.15, 0.2) is 6.29 Å². The molecule has 2 aliphatic rings. The number of nitrogens with zero attached hydrogens (tertiary/aromatic N) is 4. The minimum absolute atomic E-state index is 0.0403. The van der Waals surface area contributed by atoms with Crippen LogP contribution in [-0.2, 0) is 9.47 Å². The molecule has 0 atom stereocenters. The molecule has 0 spiro atoms. The van der Waals surface area contributed by atoms with E-state index in [-0.39, 0.29) is 6.29 Å². The summed E-state index contributed by atoms with van der Waals surface area (Å²) in [4.78, 5) is 0. The van der Waals surface area contributed by atoms with Gasteiger partial charge in [-0.3, -0.25) is 0 Å². The molecule has 6 nitrogen and oxygen atoms in total. The Morgan fingerprint density at radius 2 is 2.12 bits per heavy atom. The van der Waals surface area contributed by atoms with E-state index in [1.807, 2.05) is 4.68 Å². The second-order valence-electron chi connectivity index (χ2n) is 4.30. The number of ether oxygens (including phenoxy) is 2. The van der Waals surface area contributed by atoms with Gasteiger partial charge in [0.05, 0.1) is 19.3 Å². The third kappa shape index (κ3) is 2.97. The van der Waals surface area contributed by atoms with E-state index in [9.17, 15) is 0 Å². The summed E-state index contributed by atoms with van der Waals surface area (Å²) >= 11 is 1.68. The third-order valence-corrected chi connectivity index (χ3v) is 3.80. The topological polar surface area (TPSA) is 62.1 Å². The number of thioether (sulfide) groups is 1. The Hall–Kier alpha value is -0.660. The fraction of sp³-hybridized carbons (Fsp3) is 0.900. The Kier molecular flexibility index (Phi) is 3.58. The maximum Gasteiger partial charge on any atom is 0.209 e. The van der Waals surface area contributed by atoms with E-state index in [1.54, 1.807) is 11.8 Å². The predicted octanol–water partition coefficient (Wildman–Crippen LogP) is 1.25. The molecular formula is C10H16N4O2S. The molecule has 0 radical (unpaired) electrons. The van der Waals surface area contributed by atoms with Gasteiger partial charge in [-0.25, -0.2) is 4.68 Å². The molecule has 0 unspecified atom stereocenters. The van der Waals surface area contributed by atoms with Gasteiger partial charge in [-0.05, 0) is 29.7 Å². The summed E-state index contributed by atoms with van der Waals surface area (Å²) in [6, 6.07) is 0.537. The fourth-order valence-electron chi connectivity index (χ4n) is 1.78. The SMILES string of the molecule is C1COC(CCSc2nnnn2C2CC2)OC1. The lowest BCUT2D eigenvalue weighted by Gasteiger charge is -2.22. The summed E-state index contributed by atoms with van der Waals surface area (Å²) in [7, 11) is 0. The second-order valence-corrected chi connectivity index (χ2v) is 5.36. The highest BCUT2D eigenvalue weighted by molar-refractivity contribution is 7.99. The molecule has 1 aromatic heterocycles. The van der Waals surface area contributed by atoms with Gasteiger partial charge >= 0.3 is 0 Å². The normalized spacial score (nSPS) is 21.9. The first-order valence-electron chi connectivity index (χ1n) is 6.07. The maximum atomic E-state index is 5.49. The Morgan fingerprint density at radius 3 is 2.88 bits per heavy atom. The highest BCUT2D eigenvalue weighted by atomic mass is 32.2. The Morgan fingerprint density at radius 1 is 1.29 bits per heavy atom. The quantitative estimate of drug-likeness (QED) is 0.739. The standard InChI is InChI=1S/C10H16N4O2S/c1-5-15-9(16-6-1)4-7-17-10-11-12-13-14(10)8-2-3-8/h8-9H,1-7H2. The average molecular weight is 256 g/mol. The van der Waals surface area contributed by atoms with Crippen molar-refractivity contribution in [3.8, 4) is 0 Å². The van der Waals surface area contributed by atoms with Crippen molar-refractivity contribution in [3.63, 3.8) is 0 Å². The van der Waals surface area contributed by atoms with Gasteiger partial charge in [0.2, 0.25) is 5.16 Å². The maximum absolute atomic E-state index is 5.49. The Balaban J connectivity index is 1.45. The minimum atomic E-state index is -0.0403. The molecule has 7 heteroatoms. The highest BCUT2D eigenvalue weighted by Gasteiger charge is 2.27. The van der Waals surface area contributed by atoms with Gasteiger partial charge in [-0.2, -0.15) is 0 Å². The van der Waals surface area contributed by atoms with Gasteiger partial charge in [-0.1, -0.05) is 11.8 Å². The molecule has 2 heterocycles.